The summed E-state index contributed by atoms with van der Waals surface area (Å²) in [6, 6.07) is 0. The Hall–Kier alpha value is -0.610. The molecule has 0 N–H and O–H groups in total. The Balaban J connectivity index is 2.18. The Morgan fingerprint density at radius 3 is 2.69 bits per heavy atom. The molecule has 1 saturated carbocycles. The smallest absolute Gasteiger partial charge is 0.147 e. The molecule has 2 rings (SSSR count). The highest BCUT2D eigenvalue weighted by atomic mass is 35.5. The molecule has 4 nitrogen and oxygen atoms in total. The molecule has 1 aromatic rings. The molecular weight excluding hydrogens is 224 g/mol. The van der Waals surface area contributed by atoms with Crippen LogP contribution in [0.15, 0.2) is 6.33 Å². The quantitative estimate of drug-likeness (QED) is 0.757. The molecule has 1 fully saturated rings. The largest absolute Gasteiger partial charge is 0.315 e. The number of nitrogens with zero attached hydrogens (tertiary/aromatic N) is 4. The van der Waals surface area contributed by atoms with Crippen LogP contribution in [0.1, 0.15) is 31.5 Å². The van der Waals surface area contributed by atoms with Crippen LogP contribution in [0.4, 0.5) is 0 Å². The lowest BCUT2D eigenvalue weighted by Crippen LogP contribution is -2.45. The van der Waals surface area contributed by atoms with Crippen LogP contribution in [0.5, 0.6) is 0 Å². The number of alkyl halides is 1. The normalized spacial score (nSPS) is 19.5. The van der Waals surface area contributed by atoms with Crippen molar-refractivity contribution >= 4 is 11.6 Å². The van der Waals surface area contributed by atoms with Crippen LogP contribution >= 0.6 is 11.6 Å². The van der Waals surface area contributed by atoms with E-state index in [0.717, 1.165) is 12.4 Å². The summed E-state index contributed by atoms with van der Waals surface area (Å²) in [6.45, 7) is 0.953. The molecule has 0 spiro atoms. The van der Waals surface area contributed by atoms with E-state index in [1.54, 1.807) is 6.33 Å². The summed E-state index contributed by atoms with van der Waals surface area (Å²) < 4.78 is 2.10. The second-order valence-electron chi connectivity index (χ2n) is 4.83. The molecule has 0 amide bonds. The zero-order chi connectivity index (χ0) is 11.6. The van der Waals surface area contributed by atoms with E-state index < -0.39 is 0 Å². The first kappa shape index (κ1) is 11.9. The summed E-state index contributed by atoms with van der Waals surface area (Å²) in [7, 11) is 4.33. The fourth-order valence-corrected chi connectivity index (χ4v) is 2.82. The molecule has 5 heteroatoms. The number of halogens is 1. The fraction of sp³-hybridized carbons (Fsp3) is 0.818. The van der Waals surface area contributed by atoms with E-state index >= 15 is 0 Å². The Labute approximate surface area is 102 Å². The van der Waals surface area contributed by atoms with E-state index in [1.165, 1.54) is 25.7 Å². The predicted octanol–water partition coefficient (Wildman–Crippen LogP) is 1.89. The van der Waals surface area contributed by atoms with Crippen molar-refractivity contribution in [1.82, 2.24) is 19.7 Å². The van der Waals surface area contributed by atoms with Gasteiger partial charge in [0.25, 0.3) is 0 Å². The highest BCUT2D eigenvalue weighted by Crippen LogP contribution is 2.35. The van der Waals surface area contributed by atoms with E-state index in [9.17, 15) is 0 Å². The molecule has 0 aromatic carbocycles. The molecule has 1 aliphatic carbocycles. The highest BCUT2D eigenvalue weighted by Gasteiger charge is 2.36. The van der Waals surface area contributed by atoms with Gasteiger partial charge < -0.3 is 9.47 Å². The van der Waals surface area contributed by atoms with Gasteiger partial charge in [-0.25, -0.2) is 0 Å². The van der Waals surface area contributed by atoms with Crippen molar-refractivity contribution in [2.24, 2.45) is 0 Å². The highest BCUT2D eigenvalue weighted by molar-refractivity contribution is 6.16. The van der Waals surface area contributed by atoms with Crippen LogP contribution < -0.4 is 0 Å². The monoisotopic (exact) mass is 242 g/mol. The summed E-state index contributed by atoms with van der Waals surface area (Å²) in [5.41, 5.74) is 0.267. The lowest BCUT2D eigenvalue weighted by molar-refractivity contribution is 0.133. The van der Waals surface area contributed by atoms with Gasteiger partial charge in [-0.2, -0.15) is 0 Å². The van der Waals surface area contributed by atoms with Crippen molar-refractivity contribution in [3.63, 3.8) is 0 Å². The summed E-state index contributed by atoms with van der Waals surface area (Å²) >= 11 is 5.85. The Morgan fingerprint density at radius 2 is 2.12 bits per heavy atom. The number of hydrogen-bond donors (Lipinski definition) is 0. The second-order valence-corrected chi connectivity index (χ2v) is 5.10. The zero-order valence-electron chi connectivity index (χ0n) is 9.99. The summed E-state index contributed by atoms with van der Waals surface area (Å²) in [5, 5.41) is 7.97. The third kappa shape index (κ3) is 2.09. The maximum atomic E-state index is 5.85. The Kier molecular flexibility index (Phi) is 3.50. The summed E-state index contributed by atoms with van der Waals surface area (Å²) in [6.07, 6.45) is 6.92. The first-order valence-electron chi connectivity index (χ1n) is 5.78. The van der Waals surface area contributed by atoms with Gasteiger partial charge in [-0.1, -0.05) is 12.8 Å². The molecule has 0 aliphatic heterocycles. The standard InChI is InChI=1S/C11H19ClN4/c1-15(2)11(5-3-4-6-11)8-16-9-13-14-10(16)7-12/h9H,3-8H2,1-2H3. The van der Waals surface area contributed by atoms with E-state index in [0.29, 0.717) is 5.88 Å². The first-order valence-corrected chi connectivity index (χ1v) is 6.31. The molecule has 1 heterocycles. The second kappa shape index (κ2) is 4.72. The minimum absolute atomic E-state index is 0.267. The molecule has 0 saturated heterocycles. The van der Waals surface area contributed by atoms with Crippen molar-refractivity contribution in [2.45, 2.75) is 43.6 Å². The zero-order valence-corrected chi connectivity index (χ0v) is 10.7. The number of hydrogen-bond acceptors (Lipinski definition) is 3. The van der Waals surface area contributed by atoms with Crippen LogP contribution in [0.25, 0.3) is 0 Å². The average molecular weight is 243 g/mol. The molecule has 90 valence electrons. The molecule has 1 aliphatic rings. The van der Waals surface area contributed by atoms with E-state index in [2.05, 4.69) is 33.8 Å². The van der Waals surface area contributed by atoms with Gasteiger partial charge >= 0.3 is 0 Å². The van der Waals surface area contributed by atoms with E-state index in [4.69, 9.17) is 11.6 Å². The van der Waals surface area contributed by atoms with Crippen LogP contribution in [0.2, 0.25) is 0 Å². The van der Waals surface area contributed by atoms with Gasteiger partial charge in [0.1, 0.15) is 12.2 Å². The summed E-state index contributed by atoms with van der Waals surface area (Å²) in [5.74, 6) is 1.30. The minimum Gasteiger partial charge on any atom is -0.315 e. The third-order valence-corrected chi connectivity index (χ3v) is 4.00. The predicted molar refractivity (Wildman–Crippen MR) is 64.5 cm³/mol. The number of rotatable bonds is 4. The number of likely N-dealkylation sites (N-methyl/N-ethyl adjacent to an activating group) is 1. The third-order valence-electron chi connectivity index (χ3n) is 3.76. The lowest BCUT2D eigenvalue weighted by Gasteiger charge is -2.36. The van der Waals surface area contributed by atoms with Gasteiger partial charge in [0.05, 0.1) is 5.88 Å². The van der Waals surface area contributed by atoms with Gasteiger partial charge in [0, 0.05) is 12.1 Å². The van der Waals surface area contributed by atoms with Crippen LogP contribution in [0.3, 0.4) is 0 Å². The van der Waals surface area contributed by atoms with E-state index in [-0.39, 0.29) is 5.54 Å². The minimum atomic E-state index is 0.267. The fourth-order valence-electron chi connectivity index (χ4n) is 2.61. The van der Waals surface area contributed by atoms with Crippen LogP contribution in [-0.4, -0.2) is 39.3 Å². The van der Waals surface area contributed by atoms with Crippen molar-refractivity contribution in [3.05, 3.63) is 12.2 Å². The van der Waals surface area contributed by atoms with Gasteiger partial charge in [0.2, 0.25) is 0 Å². The first-order chi connectivity index (χ1) is 7.68. The van der Waals surface area contributed by atoms with Gasteiger partial charge in [-0.15, -0.1) is 21.8 Å². The summed E-state index contributed by atoms with van der Waals surface area (Å²) in [4.78, 5) is 2.35. The average Bonchev–Trinajstić information content (AvgIpc) is 2.88. The molecule has 1 aromatic heterocycles. The van der Waals surface area contributed by atoms with Crippen LogP contribution in [-0.2, 0) is 12.4 Å². The van der Waals surface area contributed by atoms with Crippen molar-refractivity contribution in [3.8, 4) is 0 Å². The maximum Gasteiger partial charge on any atom is 0.147 e. The van der Waals surface area contributed by atoms with Gasteiger partial charge in [-0.3, -0.25) is 0 Å². The SMILES string of the molecule is CN(C)C1(Cn2cnnc2CCl)CCCC1. The van der Waals surface area contributed by atoms with Crippen molar-refractivity contribution in [2.75, 3.05) is 14.1 Å². The molecule has 0 bridgehead atoms. The maximum absolute atomic E-state index is 5.85. The Morgan fingerprint density at radius 1 is 1.44 bits per heavy atom. The van der Waals surface area contributed by atoms with Crippen LogP contribution in [0, 0.1) is 0 Å². The molecule has 16 heavy (non-hydrogen) atoms. The lowest BCUT2D eigenvalue weighted by atomic mass is 9.96. The van der Waals surface area contributed by atoms with Crippen molar-refractivity contribution < 1.29 is 0 Å². The molecule has 0 unspecified atom stereocenters. The van der Waals surface area contributed by atoms with E-state index in [1.807, 2.05) is 0 Å². The molecule has 0 radical (unpaired) electrons. The molecular formula is C11H19ClN4. The van der Waals surface area contributed by atoms with Gasteiger partial charge in [-0.05, 0) is 26.9 Å². The van der Waals surface area contributed by atoms with Gasteiger partial charge in [0.15, 0.2) is 0 Å². The topological polar surface area (TPSA) is 34.0 Å². The van der Waals surface area contributed by atoms with Crippen molar-refractivity contribution in [1.29, 1.82) is 0 Å². The number of aromatic nitrogens is 3. The molecule has 0 atom stereocenters. The Bertz CT molecular complexity index is 342.